The molecular weight excluding hydrogens is 198 g/mol. The largest absolute Gasteiger partial charge is 0.496 e. The zero-order valence-electron chi connectivity index (χ0n) is 10.6. The van der Waals surface area contributed by atoms with Gasteiger partial charge in [0, 0.05) is 19.0 Å². The summed E-state index contributed by atoms with van der Waals surface area (Å²) in [6.07, 6.45) is 0. The molecule has 2 nitrogen and oxygen atoms in total. The van der Waals surface area contributed by atoms with Crippen LogP contribution < -0.4 is 10.1 Å². The van der Waals surface area contributed by atoms with Crippen LogP contribution in [0.3, 0.4) is 0 Å². The molecule has 0 spiro atoms. The number of ether oxygens (including phenoxy) is 1. The second-order valence-electron chi connectivity index (χ2n) is 5.42. The van der Waals surface area contributed by atoms with Crippen LogP contribution in [-0.4, -0.2) is 20.2 Å². The van der Waals surface area contributed by atoms with Crippen molar-refractivity contribution >= 4 is 0 Å². The van der Waals surface area contributed by atoms with Gasteiger partial charge in [0.15, 0.2) is 0 Å². The van der Waals surface area contributed by atoms with E-state index in [1.807, 2.05) is 0 Å². The molecule has 88 valence electrons. The van der Waals surface area contributed by atoms with E-state index in [0.29, 0.717) is 11.3 Å². The molecule has 1 aliphatic heterocycles. The quantitative estimate of drug-likeness (QED) is 0.825. The van der Waals surface area contributed by atoms with Crippen LogP contribution in [0.1, 0.15) is 30.9 Å². The molecular formula is C14H21NO. The van der Waals surface area contributed by atoms with E-state index in [9.17, 15) is 0 Å². The SMILES string of the molecule is COc1ccc(C)cc1C1CNCC1(C)C. The Morgan fingerprint density at radius 2 is 2.12 bits per heavy atom. The highest BCUT2D eigenvalue weighted by atomic mass is 16.5. The lowest BCUT2D eigenvalue weighted by molar-refractivity contribution is 0.345. The van der Waals surface area contributed by atoms with Gasteiger partial charge in [0.1, 0.15) is 5.75 Å². The molecule has 1 aromatic carbocycles. The van der Waals surface area contributed by atoms with Gasteiger partial charge in [-0.1, -0.05) is 31.5 Å². The van der Waals surface area contributed by atoms with Gasteiger partial charge >= 0.3 is 0 Å². The van der Waals surface area contributed by atoms with Crippen molar-refractivity contribution in [2.75, 3.05) is 20.2 Å². The molecule has 1 aliphatic rings. The van der Waals surface area contributed by atoms with Gasteiger partial charge < -0.3 is 10.1 Å². The fourth-order valence-corrected chi connectivity index (χ4v) is 2.60. The molecule has 0 amide bonds. The summed E-state index contributed by atoms with van der Waals surface area (Å²) in [4.78, 5) is 0. The number of rotatable bonds is 2. The van der Waals surface area contributed by atoms with Crippen LogP contribution in [0.4, 0.5) is 0 Å². The van der Waals surface area contributed by atoms with Crippen LogP contribution in [0.15, 0.2) is 18.2 Å². The fraction of sp³-hybridized carbons (Fsp3) is 0.571. The van der Waals surface area contributed by atoms with Crippen LogP contribution in [0, 0.1) is 12.3 Å². The van der Waals surface area contributed by atoms with Crippen molar-refractivity contribution in [3.63, 3.8) is 0 Å². The summed E-state index contributed by atoms with van der Waals surface area (Å²) in [5.41, 5.74) is 2.96. The Hall–Kier alpha value is -1.02. The zero-order valence-corrected chi connectivity index (χ0v) is 10.6. The molecule has 1 N–H and O–H groups in total. The minimum atomic E-state index is 0.307. The van der Waals surface area contributed by atoms with Crippen LogP contribution >= 0.6 is 0 Å². The van der Waals surface area contributed by atoms with Crippen molar-refractivity contribution < 1.29 is 4.74 Å². The van der Waals surface area contributed by atoms with Crippen LogP contribution in [0.5, 0.6) is 5.75 Å². The maximum atomic E-state index is 5.48. The summed E-state index contributed by atoms with van der Waals surface area (Å²) in [7, 11) is 1.75. The Balaban J connectivity index is 2.42. The third kappa shape index (κ3) is 1.94. The predicted molar refractivity (Wildman–Crippen MR) is 67.1 cm³/mol. The standard InChI is InChI=1S/C14H21NO/c1-10-5-6-13(16-4)11(7-10)12-8-15-9-14(12,2)3/h5-7,12,15H,8-9H2,1-4H3. The fourth-order valence-electron chi connectivity index (χ4n) is 2.60. The Labute approximate surface area is 98.0 Å². The molecule has 2 rings (SSSR count). The van der Waals surface area contributed by atoms with E-state index in [-0.39, 0.29) is 0 Å². The van der Waals surface area contributed by atoms with E-state index in [2.05, 4.69) is 44.3 Å². The molecule has 2 heteroatoms. The minimum Gasteiger partial charge on any atom is -0.496 e. The normalized spacial score (nSPS) is 23.4. The summed E-state index contributed by atoms with van der Waals surface area (Å²) in [5.74, 6) is 1.56. The average molecular weight is 219 g/mol. The molecule has 1 fully saturated rings. The second kappa shape index (κ2) is 4.10. The number of nitrogens with one attached hydrogen (secondary N) is 1. The van der Waals surface area contributed by atoms with E-state index >= 15 is 0 Å². The summed E-state index contributed by atoms with van der Waals surface area (Å²) in [6.45, 7) is 8.90. The molecule has 0 aromatic heterocycles. The predicted octanol–water partition coefficient (Wildman–Crippen LogP) is 2.72. The highest BCUT2D eigenvalue weighted by Crippen LogP contribution is 2.42. The third-order valence-corrected chi connectivity index (χ3v) is 3.63. The molecule has 1 unspecified atom stereocenters. The molecule has 0 radical (unpaired) electrons. The number of methoxy groups -OCH3 is 1. The smallest absolute Gasteiger partial charge is 0.122 e. The Bertz CT molecular complexity index is 384. The number of hydrogen-bond donors (Lipinski definition) is 1. The van der Waals surface area contributed by atoms with Crippen molar-refractivity contribution in [2.45, 2.75) is 26.7 Å². The van der Waals surface area contributed by atoms with Gasteiger partial charge in [0.25, 0.3) is 0 Å². The number of aryl methyl sites for hydroxylation is 1. The monoisotopic (exact) mass is 219 g/mol. The highest BCUT2D eigenvalue weighted by Gasteiger charge is 2.36. The van der Waals surface area contributed by atoms with E-state index in [0.717, 1.165) is 18.8 Å². The molecule has 1 atom stereocenters. The lowest BCUT2D eigenvalue weighted by atomic mass is 9.77. The van der Waals surface area contributed by atoms with E-state index in [4.69, 9.17) is 4.74 Å². The highest BCUT2D eigenvalue weighted by molar-refractivity contribution is 5.41. The molecule has 1 aromatic rings. The van der Waals surface area contributed by atoms with E-state index in [1.165, 1.54) is 11.1 Å². The molecule has 16 heavy (non-hydrogen) atoms. The van der Waals surface area contributed by atoms with E-state index in [1.54, 1.807) is 7.11 Å². The lowest BCUT2D eigenvalue weighted by Crippen LogP contribution is -2.21. The van der Waals surface area contributed by atoms with Gasteiger partial charge in [-0.2, -0.15) is 0 Å². The first-order chi connectivity index (χ1) is 7.54. The van der Waals surface area contributed by atoms with Gasteiger partial charge in [-0.3, -0.25) is 0 Å². The Morgan fingerprint density at radius 1 is 1.38 bits per heavy atom. The van der Waals surface area contributed by atoms with Crippen molar-refractivity contribution in [3.05, 3.63) is 29.3 Å². The van der Waals surface area contributed by atoms with Crippen LogP contribution in [-0.2, 0) is 0 Å². The van der Waals surface area contributed by atoms with Crippen molar-refractivity contribution in [2.24, 2.45) is 5.41 Å². The first-order valence-corrected chi connectivity index (χ1v) is 5.90. The summed E-state index contributed by atoms with van der Waals surface area (Å²) in [6, 6.07) is 6.45. The first-order valence-electron chi connectivity index (χ1n) is 5.90. The van der Waals surface area contributed by atoms with Gasteiger partial charge in [-0.15, -0.1) is 0 Å². The maximum Gasteiger partial charge on any atom is 0.122 e. The average Bonchev–Trinajstić information content (AvgIpc) is 2.58. The van der Waals surface area contributed by atoms with Crippen molar-refractivity contribution in [1.29, 1.82) is 0 Å². The first kappa shape index (κ1) is 11.5. The maximum absolute atomic E-state index is 5.48. The lowest BCUT2D eigenvalue weighted by Gasteiger charge is -2.27. The van der Waals surface area contributed by atoms with Crippen LogP contribution in [0.2, 0.25) is 0 Å². The molecule has 0 saturated carbocycles. The number of benzene rings is 1. The van der Waals surface area contributed by atoms with Crippen molar-refractivity contribution in [1.82, 2.24) is 5.32 Å². The Kier molecular flexibility index (Phi) is 2.94. The Morgan fingerprint density at radius 3 is 2.69 bits per heavy atom. The van der Waals surface area contributed by atoms with Crippen LogP contribution in [0.25, 0.3) is 0 Å². The summed E-state index contributed by atoms with van der Waals surface area (Å²) in [5, 5.41) is 3.48. The topological polar surface area (TPSA) is 21.3 Å². The molecule has 1 heterocycles. The third-order valence-electron chi connectivity index (χ3n) is 3.63. The second-order valence-corrected chi connectivity index (χ2v) is 5.42. The molecule has 0 bridgehead atoms. The van der Waals surface area contributed by atoms with Gasteiger partial charge in [0.2, 0.25) is 0 Å². The minimum absolute atomic E-state index is 0.307. The van der Waals surface area contributed by atoms with Gasteiger partial charge in [0.05, 0.1) is 7.11 Å². The summed E-state index contributed by atoms with van der Waals surface area (Å²) >= 11 is 0. The van der Waals surface area contributed by atoms with E-state index < -0.39 is 0 Å². The van der Waals surface area contributed by atoms with Crippen molar-refractivity contribution in [3.8, 4) is 5.75 Å². The number of hydrogen-bond acceptors (Lipinski definition) is 2. The van der Waals surface area contributed by atoms with Gasteiger partial charge in [-0.25, -0.2) is 0 Å². The summed E-state index contributed by atoms with van der Waals surface area (Å²) < 4.78 is 5.48. The zero-order chi connectivity index (χ0) is 11.8. The molecule has 1 saturated heterocycles. The van der Waals surface area contributed by atoms with Gasteiger partial charge in [-0.05, 0) is 24.0 Å². The molecule has 0 aliphatic carbocycles.